The van der Waals surface area contributed by atoms with Gasteiger partial charge in [-0.25, -0.2) is 0 Å². The van der Waals surface area contributed by atoms with Crippen LogP contribution in [0.4, 0.5) is 0 Å². The highest BCUT2D eigenvalue weighted by Gasteiger charge is 2.25. The molecule has 0 saturated carbocycles. The molecule has 0 amide bonds. The van der Waals surface area contributed by atoms with Gasteiger partial charge in [0.05, 0.1) is 12.2 Å². The number of aliphatic hydroxyl groups is 1. The van der Waals surface area contributed by atoms with Crippen LogP contribution in [0.3, 0.4) is 0 Å². The predicted octanol–water partition coefficient (Wildman–Crippen LogP) is 0.242. The molecule has 0 aromatic rings. The van der Waals surface area contributed by atoms with E-state index in [1.165, 1.54) is 0 Å². The Labute approximate surface area is 92.2 Å². The summed E-state index contributed by atoms with van der Waals surface area (Å²) in [5.74, 6) is 0. The first-order valence-electron chi connectivity index (χ1n) is 5.89. The third-order valence-electron chi connectivity index (χ3n) is 2.86. The molecule has 1 aliphatic heterocycles. The maximum atomic E-state index is 9.27. The van der Waals surface area contributed by atoms with E-state index in [0.717, 1.165) is 25.9 Å². The number of rotatable bonds is 6. The predicted molar refractivity (Wildman–Crippen MR) is 60.7 cm³/mol. The second kappa shape index (κ2) is 6.43. The Kier molecular flexibility index (Phi) is 5.53. The van der Waals surface area contributed by atoms with E-state index in [-0.39, 0.29) is 24.3 Å². The fourth-order valence-electron chi connectivity index (χ4n) is 2.19. The van der Waals surface area contributed by atoms with Crippen LogP contribution in [-0.2, 0) is 4.74 Å². The summed E-state index contributed by atoms with van der Waals surface area (Å²) in [7, 11) is 0. The monoisotopic (exact) mass is 216 g/mol. The molecule has 4 heteroatoms. The summed E-state index contributed by atoms with van der Waals surface area (Å²) in [6.45, 7) is 5.33. The number of ether oxygens (including phenoxy) is 1. The SMILES string of the molecule is CC(O)CC(C)NC(CN)C1CCCO1. The molecular formula is C11H24N2O2. The van der Waals surface area contributed by atoms with Crippen molar-refractivity contribution < 1.29 is 9.84 Å². The number of hydrogen-bond acceptors (Lipinski definition) is 4. The summed E-state index contributed by atoms with van der Waals surface area (Å²) < 4.78 is 5.61. The van der Waals surface area contributed by atoms with Gasteiger partial charge in [-0.05, 0) is 33.1 Å². The van der Waals surface area contributed by atoms with Crippen molar-refractivity contribution in [1.82, 2.24) is 5.32 Å². The molecule has 15 heavy (non-hydrogen) atoms. The van der Waals surface area contributed by atoms with Crippen molar-refractivity contribution in [2.24, 2.45) is 5.73 Å². The molecule has 4 nitrogen and oxygen atoms in total. The number of nitrogens with one attached hydrogen (secondary N) is 1. The molecule has 1 rings (SSSR count). The third-order valence-corrected chi connectivity index (χ3v) is 2.86. The minimum atomic E-state index is -0.268. The zero-order chi connectivity index (χ0) is 11.3. The number of nitrogens with two attached hydrogens (primary N) is 1. The molecule has 1 heterocycles. The van der Waals surface area contributed by atoms with Crippen molar-refractivity contribution in [2.75, 3.05) is 13.2 Å². The molecule has 4 atom stereocenters. The third kappa shape index (κ3) is 4.47. The highest BCUT2D eigenvalue weighted by atomic mass is 16.5. The van der Waals surface area contributed by atoms with Crippen molar-refractivity contribution in [3.8, 4) is 0 Å². The lowest BCUT2D eigenvalue weighted by molar-refractivity contribution is 0.0734. The van der Waals surface area contributed by atoms with Gasteiger partial charge in [0.1, 0.15) is 0 Å². The van der Waals surface area contributed by atoms with E-state index in [0.29, 0.717) is 6.54 Å². The lowest BCUT2D eigenvalue weighted by atomic mass is 10.1. The van der Waals surface area contributed by atoms with Crippen LogP contribution in [0.25, 0.3) is 0 Å². The van der Waals surface area contributed by atoms with E-state index in [2.05, 4.69) is 12.2 Å². The van der Waals surface area contributed by atoms with Crippen LogP contribution < -0.4 is 11.1 Å². The van der Waals surface area contributed by atoms with Gasteiger partial charge >= 0.3 is 0 Å². The van der Waals surface area contributed by atoms with Crippen LogP contribution in [0.1, 0.15) is 33.1 Å². The van der Waals surface area contributed by atoms with Crippen LogP contribution >= 0.6 is 0 Å². The largest absolute Gasteiger partial charge is 0.393 e. The van der Waals surface area contributed by atoms with Crippen molar-refractivity contribution in [1.29, 1.82) is 0 Å². The highest BCUT2D eigenvalue weighted by molar-refractivity contribution is 4.83. The first-order chi connectivity index (χ1) is 7.13. The Morgan fingerprint density at radius 1 is 1.53 bits per heavy atom. The average molecular weight is 216 g/mol. The zero-order valence-corrected chi connectivity index (χ0v) is 9.78. The molecule has 0 spiro atoms. The van der Waals surface area contributed by atoms with Crippen molar-refractivity contribution in [3.05, 3.63) is 0 Å². The Morgan fingerprint density at radius 2 is 2.27 bits per heavy atom. The first kappa shape index (κ1) is 12.9. The summed E-state index contributed by atoms with van der Waals surface area (Å²) >= 11 is 0. The van der Waals surface area contributed by atoms with Crippen LogP contribution in [0.15, 0.2) is 0 Å². The van der Waals surface area contributed by atoms with E-state index in [1.54, 1.807) is 0 Å². The highest BCUT2D eigenvalue weighted by Crippen LogP contribution is 2.16. The fraction of sp³-hybridized carbons (Fsp3) is 1.00. The van der Waals surface area contributed by atoms with Gasteiger partial charge in [-0.15, -0.1) is 0 Å². The summed E-state index contributed by atoms with van der Waals surface area (Å²) in [6.07, 6.45) is 2.97. The molecule has 1 fully saturated rings. The average Bonchev–Trinajstić information content (AvgIpc) is 2.65. The maximum absolute atomic E-state index is 9.27. The van der Waals surface area contributed by atoms with E-state index in [4.69, 9.17) is 10.5 Å². The lowest BCUT2D eigenvalue weighted by Crippen LogP contribution is -2.49. The van der Waals surface area contributed by atoms with E-state index < -0.39 is 0 Å². The topological polar surface area (TPSA) is 67.5 Å². The summed E-state index contributed by atoms with van der Waals surface area (Å²) in [5, 5.41) is 12.7. The van der Waals surface area contributed by atoms with Crippen LogP contribution in [0.2, 0.25) is 0 Å². The molecule has 0 bridgehead atoms. The molecule has 0 aromatic heterocycles. The van der Waals surface area contributed by atoms with Crippen LogP contribution in [0.5, 0.6) is 0 Å². The van der Waals surface area contributed by atoms with E-state index in [9.17, 15) is 5.11 Å². The standard InChI is InChI=1S/C11H24N2O2/c1-8(6-9(2)14)13-10(7-12)11-4-3-5-15-11/h8-11,13-14H,3-7,12H2,1-2H3. The molecule has 0 aliphatic carbocycles. The quantitative estimate of drug-likeness (QED) is 0.595. The Morgan fingerprint density at radius 3 is 2.73 bits per heavy atom. The first-order valence-corrected chi connectivity index (χ1v) is 5.89. The summed E-state index contributed by atoms with van der Waals surface area (Å²) in [4.78, 5) is 0. The van der Waals surface area contributed by atoms with Crippen molar-refractivity contribution in [2.45, 2.75) is 57.4 Å². The van der Waals surface area contributed by atoms with Crippen LogP contribution in [-0.4, -0.2) is 42.5 Å². The lowest BCUT2D eigenvalue weighted by Gasteiger charge is -2.27. The second-order valence-electron chi connectivity index (χ2n) is 4.55. The van der Waals surface area contributed by atoms with Gasteiger partial charge in [0.2, 0.25) is 0 Å². The van der Waals surface area contributed by atoms with Gasteiger partial charge in [0.15, 0.2) is 0 Å². The fourth-order valence-corrected chi connectivity index (χ4v) is 2.19. The van der Waals surface area contributed by atoms with Crippen molar-refractivity contribution in [3.63, 3.8) is 0 Å². The molecule has 0 aromatic carbocycles. The van der Waals surface area contributed by atoms with Crippen molar-refractivity contribution >= 4 is 0 Å². The van der Waals surface area contributed by atoms with Gasteiger partial charge in [-0.3, -0.25) is 0 Å². The summed E-state index contributed by atoms with van der Waals surface area (Å²) in [6, 6.07) is 0.504. The molecule has 0 radical (unpaired) electrons. The smallest absolute Gasteiger partial charge is 0.0741 e. The van der Waals surface area contributed by atoms with Gasteiger partial charge in [0, 0.05) is 25.2 Å². The molecule has 90 valence electrons. The molecule has 4 unspecified atom stereocenters. The van der Waals surface area contributed by atoms with Gasteiger partial charge in [-0.1, -0.05) is 0 Å². The maximum Gasteiger partial charge on any atom is 0.0741 e. The Hall–Kier alpha value is -0.160. The zero-order valence-electron chi connectivity index (χ0n) is 9.78. The Bertz CT molecular complexity index is 170. The minimum Gasteiger partial charge on any atom is -0.393 e. The van der Waals surface area contributed by atoms with Gasteiger partial charge < -0.3 is 20.9 Å². The second-order valence-corrected chi connectivity index (χ2v) is 4.55. The van der Waals surface area contributed by atoms with Crippen LogP contribution in [0, 0.1) is 0 Å². The number of aliphatic hydroxyl groups excluding tert-OH is 1. The Balaban J connectivity index is 2.31. The molecular weight excluding hydrogens is 192 g/mol. The van der Waals surface area contributed by atoms with E-state index >= 15 is 0 Å². The summed E-state index contributed by atoms with van der Waals surface area (Å²) in [5.41, 5.74) is 5.73. The molecule has 1 saturated heterocycles. The van der Waals surface area contributed by atoms with Gasteiger partial charge in [-0.2, -0.15) is 0 Å². The normalized spacial score (nSPS) is 27.6. The van der Waals surface area contributed by atoms with Gasteiger partial charge in [0.25, 0.3) is 0 Å². The van der Waals surface area contributed by atoms with E-state index in [1.807, 2.05) is 6.92 Å². The minimum absolute atomic E-state index is 0.223. The molecule has 1 aliphatic rings. The number of hydrogen-bond donors (Lipinski definition) is 3. The molecule has 4 N–H and O–H groups in total.